The molecule has 0 radical (unpaired) electrons. The molecule has 1 heteroatoms. The van der Waals surface area contributed by atoms with E-state index in [1.165, 1.54) is 89.9 Å². The number of carbonyl (C=O) groups excluding carboxylic acids is 1. The molecule has 0 aromatic heterocycles. The second kappa shape index (κ2) is 8.50. The van der Waals surface area contributed by atoms with Crippen LogP contribution in [-0.4, -0.2) is 5.78 Å². The molecule has 0 unspecified atom stereocenters. The van der Waals surface area contributed by atoms with Crippen molar-refractivity contribution in [2.75, 3.05) is 0 Å². The Balaban J connectivity index is 1.86. The second-order valence-corrected chi connectivity index (χ2v) is 9.05. The maximum Gasteiger partial charge on any atom is 0.133 e. The fraction of sp³-hybridized carbons (Fsp3) is 0.952. The van der Waals surface area contributed by atoms with Gasteiger partial charge in [0.2, 0.25) is 0 Å². The number of ketones is 1. The molecule has 2 aliphatic rings. The van der Waals surface area contributed by atoms with Gasteiger partial charge in [0.15, 0.2) is 0 Å². The zero-order chi connectivity index (χ0) is 15.9. The summed E-state index contributed by atoms with van der Waals surface area (Å²) < 4.78 is 0. The first-order valence-corrected chi connectivity index (χ1v) is 10.0. The quantitative estimate of drug-likeness (QED) is 0.556. The summed E-state index contributed by atoms with van der Waals surface area (Å²) in [6.45, 7) is 4.77. The molecule has 0 saturated heterocycles. The number of Topliss-reactive ketones (excluding diaryl/α,β-unsaturated/α-hetero) is 1. The molecule has 0 bridgehead atoms. The Kier molecular flexibility index (Phi) is 6.96. The van der Waals surface area contributed by atoms with Gasteiger partial charge in [-0.15, -0.1) is 0 Å². The van der Waals surface area contributed by atoms with E-state index >= 15 is 0 Å². The molecule has 128 valence electrons. The van der Waals surface area contributed by atoms with Crippen molar-refractivity contribution >= 4 is 5.78 Å². The van der Waals surface area contributed by atoms with E-state index in [1.54, 1.807) is 0 Å². The van der Waals surface area contributed by atoms with Crippen LogP contribution in [0.3, 0.4) is 0 Å². The van der Waals surface area contributed by atoms with Crippen LogP contribution in [0, 0.1) is 10.8 Å². The second-order valence-electron chi connectivity index (χ2n) is 9.05. The Hall–Kier alpha value is -0.330. The van der Waals surface area contributed by atoms with Crippen LogP contribution >= 0.6 is 0 Å². The normalized spacial score (nSPS) is 26.3. The van der Waals surface area contributed by atoms with E-state index in [0.29, 0.717) is 16.6 Å². The molecule has 0 aliphatic heterocycles. The molecule has 0 heterocycles. The molecule has 0 aromatic rings. The van der Waals surface area contributed by atoms with E-state index < -0.39 is 0 Å². The zero-order valence-corrected chi connectivity index (χ0v) is 15.2. The maximum atomic E-state index is 12.8. The fourth-order valence-corrected chi connectivity index (χ4v) is 4.89. The van der Waals surface area contributed by atoms with Gasteiger partial charge in [-0.1, -0.05) is 78.1 Å². The Bertz CT molecular complexity index is 296. The van der Waals surface area contributed by atoms with Crippen LogP contribution in [0.15, 0.2) is 0 Å². The minimum absolute atomic E-state index is 0.301. The van der Waals surface area contributed by atoms with Crippen molar-refractivity contribution in [3.63, 3.8) is 0 Å². The maximum absolute atomic E-state index is 12.8. The number of rotatable bonds is 4. The van der Waals surface area contributed by atoms with E-state index in [0.717, 1.165) is 12.8 Å². The van der Waals surface area contributed by atoms with Crippen molar-refractivity contribution in [3.05, 3.63) is 0 Å². The third kappa shape index (κ3) is 6.05. The lowest BCUT2D eigenvalue weighted by Crippen LogP contribution is -2.27. The third-order valence-corrected chi connectivity index (χ3v) is 6.37. The van der Waals surface area contributed by atoms with Crippen LogP contribution in [0.2, 0.25) is 0 Å². The van der Waals surface area contributed by atoms with E-state index in [1.807, 2.05) is 0 Å². The topological polar surface area (TPSA) is 17.1 Å². The highest BCUT2D eigenvalue weighted by Crippen LogP contribution is 2.41. The average molecular weight is 307 g/mol. The predicted molar refractivity (Wildman–Crippen MR) is 95.1 cm³/mol. The number of hydrogen-bond donors (Lipinski definition) is 0. The van der Waals surface area contributed by atoms with Gasteiger partial charge in [-0.05, 0) is 36.5 Å². The molecule has 0 atom stereocenters. The van der Waals surface area contributed by atoms with Gasteiger partial charge in [-0.3, -0.25) is 4.79 Å². The summed E-state index contributed by atoms with van der Waals surface area (Å²) >= 11 is 0. The lowest BCUT2D eigenvalue weighted by molar-refractivity contribution is -0.124. The average Bonchev–Trinajstić information content (AvgIpc) is 2.40. The minimum atomic E-state index is 0.301. The molecule has 2 saturated carbocycles. The van der Waals surface area contributed by atoms with Crippen molar-refractivity contribution in [1.29, 1.82) is 0 Å². The van der Waals surface area contributed by atoms with E-state index in [4.69, 9.17) is 0 Å². The van der Waals surface area contributed by atoms with Crippen molar-refractivity contribution in [2.24, 2.45) is 10.8 Å². The van der Waals surface area contributed by atoms with E-state index in [-0.39, 0.29) is 0 Å². The molecule has 1 nitrogen and oxygen atoms in total. The standard InChI is InChI=1S/C21H38O/c1-20(13-9-5-3-6-10-14-20)17-19(22)18-21(2)15-11-7-4-8-12-16-21/h3-18H2,1-2H3. The van der Waals surface area contributed by atoms with Crippen LogP contribution in [0.1, 0.15) is 117 Å². The van der Waals surface area contributed by atoms with Crippen LogP contribution in [0.5, 0.6) is 0 Å². The molecule has 2 rings (SSSR count). The lowest BCUT2D eigenvalue weighted by atomic mass is 9.70. The van der Waals surface area contributed by atoms with Gasteiger partial charge < -0.3 is 0 Å². The summed E-state index contributed by atoms with van der Waals surface area (Å²) in [6, 6.07) is 0. The Morgan fingerprint density at radius 1 is 0.591 bits per heavy atom. The van der Waals surface area contributed by atoms with Crippen LogP contribution in [0.25, 0.3) is 0 Å². The SMILES string of the molecule is CC1(CC(=O)CC2(C)CCCCCCC2)CCCCCCC1. The molecule has 22 heavy (non-hydrogen) atoms. The highest BCUT2D eigenvalue weighted by molar-refractivity contribution is 5.79. The van der Waals surface area contributed by atoms with E-state index in [2.05, 4.69) is 13.8 Å². The Labute approximate surface area is 138 Å². The van der Waals surface area contributed by atoms with Gasteiger partial charge in [-0.2, -0.15) is 0 Å². The zero-order valence-electron chi connectivity index (χ0n) is 15.2. The van der Waals surface area contributed by atoms with Crippen LogP contribution in [-0.2, 0) is 4.79 Å². The molecular formula is C21H38O. The van der Waals surface area contributed by atoms with Gasteiger partial charge in [0.25, 0.3) is 0 Å². The van der Waals surface area contributed by atoms with E-state index in [9.17, 15) is 4.79 Å². The van der Waals surface area contributed by atoms with Gasteiger partial charge in [0, 0.05) is 12.8 Å². The monoisotopic (exact) mass is 306 g/mol. The predicted octanol–water partition coefficient (Wildman–Crippen LogP) is 6.84. The molecule has 0 aromatic carbocycles. The van der Waals surface area contributed by atoms with Crippen LogP contribution < -0.4 is 0 Å². The van der Waals surface area contributed by atoms with Gasteiger partial charge in [0.05, 0.1) is 0 Å². The van der Waals surface area contributed by atoms with Crippen molar-refractivity contribution < 1.29 is 4.79 Å². The molecular weight excluding hydrogens is 268 g/mol. The highest BCUT2D eigenvalue weighted by Gasteiger charge is 2.32. The number of hydrogen-bond acceptors (Lipinski definition) is 1. The van der Waals surface area contributed by atoms with Crippen molar-refractivity contribution in [1.82, 2.24) is 0 Å². The molecule has 0 N–H and O–H groups in total. The summed E-state index contributed by atoms with van der Waals surface area (Å²) in [7, 11) is 0. The molecule has 2 aliphatic carbocycles. The van der Waals surface area contributed by atoms with Crippen LogP contribution in [0.4, 0.5) is 0 Å². The number of carbonyl (C=O) groups is 1. The third-order valence-electron chi connectivity index (χ3n) is 6.37. The largest absolute Gasteiger partial charge is 0.300 e. The first-order chi connectivity index (χ1) is 10.5. The fourth-order valence-electron chi connectivity index (χ4n) is 4.89. The molecule has 0 spiro atoms. The Morgan fingerprint density at radius 2 is 0.864 bits per heavy atom. The Morgan fingerprint density at radius 3 is 1.18 bits per heavy atom. The molecule has 2 fully saturated rings. The first-order valence-electron chi connectivity index (χ1n) is 10.0. The van der Waals surface area contributed by atoms with Gasteiger partial charge in [-0.25, -0.2) is 0 Å². The summed E-state index contributed by atoms with van der Waals surface area (Å²) in [4.78, 5) is 12.8. The smallest absolute Gasteiger partial charge is 0.133 e. The highest BCUT2D eigenvalue weighted by atomic mass is 16.1. The summed E-state index contributed by atoms with van der Waals surface area (Å²) in [5.41, 5.74) is 0.602. The first kappa shape index (κ1) is 18.0. The summed E-state index contributed by atoms with van der Waals surface area (Å²) in [5, 5.41) is 0. The molecule has 0 amide bonds. The van der Waals surface area contributed by atoms with Crippen molar-refractivity contribution in [2.45, 2.75) is 117 Å². The van der Waals surface area contributed by atoms with Gasteiger partial charge in [0.1, 0.15) is 5.78 Å². The lowest BCUT2D eigenvalue weighted by Gasteiger charge is -2.34. The van der Waals surface area contributed by atoms with Crippen molar-refractivity contribution in [3.8, 4) is 0 Å². The summed E-state index contributed by atoms with van der Waals surface area (Å²) in [6.07, 6.45) is 20.4. The summed E-state index contributed by atoms with van der Waals surface area (Å²) in [5.74, 6) is 0.561. The minimum Gasteiger partial charge on any atom is -0.300 e. The van der Waals surface area contributed by atoms with Gasteiger partial charge >= 0.3 is 0 Å².